The van der Waals surface area contributed by atoms with Gasteiger partial charge in [-0.15, -0.1) is 0 Å². The largest absolute Gasteiger partial charge is 0.497 e. The van der Waals surface area contributed by atoms with E-state index >= 15 is 0 Å². The minimum absolute atomic E-state index is 0.126. The van der Waals surface area contributed by atoms with Gasteiger partial charge in [-0.2, -0.15) is 5.26 Å². The fourth-order valence-electron chi connectivity index (χ4n) is 1.45. The van der Waals surface area contributed by atoms with Crippen LogP contribution in [0.1, 0.15) is 6.42 Å². The van der Waals surface area contributed by atoms with Crippen LogP contribution in [-0.2, 0) is 0 Å². The number of nitro groups is 1. The van der Waals surface area contributed by atoms with Crippen molar-refractivity contribution in [3.8, 4) is 17.6 Å². The zero-order valence-electron chi connectivity index (χ0n) is 10.8. The SMILES string of the molecule is CNC(C#N)CCOc1cc(OC)ccc1[N+](=O)[O-]. The van der Waals surface area contributed by atoms with Gasteiger partial charge in [0.2, 0.25) is 5.75 Å². The Morgan fingerprint density at radius 2 is 2.32 bits per heavy atom. The second kappa shape index (κ2) is 7.18. The van der Waals surface area contributed by atoms with E-state index in [1.165, 1.54) is 25.3 Å². The van der Waals surface area contributed by atoms with Crippen molar-refractivity contribution in [1.82, 2.24) is 5.32 Å². The highest BCUT2D eigenvalue weighted by Gasteiger charge is 2.16. The molecule has 0 aliphatic heterocycles. The quantitative estimate of drug-likeness (QED) is 0.592. The van der Waals surface area contributed by atoms with Crippen LogP contribution in [0.4, 0.5) is 5.69 Å². The first-order valence-electron chi connectivity index (χ1n) is 5.64. The van der Waals surface area contributed by atoms with E-state index in [4.69, 9.17) is 14.7 Å². The zero-order valence-corrected chi connectivity index (χ0v) is 10.8. The molecule has 1 atom stereocenters. The molecule has 1 N–H and O–H groups in total. The van der Waals surface area contributed by atoms with Gasteiger partial charge in [0.05, 0.1) is 30.8 Å². The van der Waals surface area contributed by atoms with Crippen molar-refractivity contribution in [2.24, 2.45) is 0 Å². The third-order valence-corrected chi connectivity index (χ3v) is 2.53. The monoisotopic (exact) mass is 265 g/mol. The summed E-state index contributed by atoms with van der Waals surface area (Å²) in [6.07, 6.45) is 0.432. The molecule has 1 unspecified atom stereocenters. The maximum absolute atomic E-state index is 10.9. The van der Waals surface area contributed by atoms with Crippen LogP contribution in [0.2, 0.25) is 0 Å². The number of methoxy groups -OCH3 is 1. The minimum atomic E-state index is -0.519. The topological polar surface area (TPSA) is 97.4 Å². The van der Waals surface area contributed by atoms with E-state index in [2.05, 4.69) is 5.32 Å². The first-order chi connectivity index (χ1) is 9.12. The van der Waals surface area contributed by atoms with Gasteiger partial charge in [-0.3, -0.25) is 10.1 Å². The zero-order chi connectivity index (χ0) is 14.3. The van der Waals surface area contributed by atoms with Crippen LogP contribution >= 0.6 is 0 Å². The number of nitrogens with one attached hydrogen (secondary N) is 1. The summed E-state index contributed by atoms with van der Waals surface area (Å²) < 4.78 is 10.4. The summed E-state index contributed by atoms with van der Waals surface area (Å²) in [4.78, 5) is 10.3. The van der Waals surface area contributed by atoms with Crippen LogP contribution < -0.4 is 14.8 Å². The van der Waals surface area contributed by atoms with E-state index in [-0.39, 0.29) is 24.1 Å². The molecule has 0 aliphatic carbocycles. The average molecular weight is 265 g/mol. The highest BCUT2D eigenvalue weighted by Crippen LogP contribution is 2.31. The first-order valence-corrected chi connectivity index (χ1v) is 5.64. The van der Waals surface area contributed by atoms with Gasteiger partial charge in [0.25, 0.3) is 0 Å². The second-order valence-corrected chi connectivity index (χ2v) is 3.70. The van der Waals surface area contributed by atoms with Gasteiger partial charge in [0.1, 0.15) is 5.75 Å². The number of nitriles is 1. The van der Waals surface area contributed by atoms with E-state index in [0.717, 1.165) is 0 Å². The molecule has 1 rings (SSSR count). The fraction of sp³-hybridized carbons (Fsp3) is 0.417. The summed E-state index contributed by atoms with van der Waals surface area (Å²) in [7, 11) is 3.14. The normalized spacial score (nSPS) is 11.4. The molecule has 7 heteroatoms. The molecule has 7 nitrogen and oxygen atoms in total. The molecular formula is C12H15N3O4. The molecule has 0 bridgehead atoms. The summed E-state index contributed by atoms with van der Waals surface area (Å²) >= 11 is 0. The molecule has 0 aliphatic rings. The number of hydrogen-bond donors (Lipinski definition) is 1. The van der Waals surface area contributed by atoms with Gasteiger partial charge in [-0.1, -0.05) is 0 Å². The molecule has 0 radical (unpaired) electrons. The maximum atomic E-state index is 10.9. The lowest BCUT2D eigenvalue weighted by Gasteiger charge is -2.10. The van der Waals surface area contributed by atoms with Crippen molar-refractivity contribution in [2.45, 2.75) is 12.5 Å². The molecule has 102 valence electrons. The summed E-state index contributed by atoms with van der Waals surface area (Å²) in [5.41, 5.74) is -0.126. The summed E-state index contributed by atoms with van der Waals surface area (Å²) in [5.74, 6) is 0.614. The predicted molar refractivity (Wildman–Crippen MR) is 68.2 cm³/mol. The Balaban J connectivity index is 2.75. The Hall–Kier alpha value is -2.33. The van der Waals surface area contributed by atoms with Crippen LogP contribution in [0.3, 0.4) is 0 Å². The maximum Gasteiger partial charge on any atom is 0.311 e. The summed E-state index contributed by atoms with van der Waals surface area (Å²) in [6, 6.07) is 5.99. The van der Waals surface area contributed by atoms with Crippen molar-refractivity contribution in [3.63, 3.8) is 0 Å². The third kappa shape index (κ3) is 4.12. The van der Waals surface area contributed by atoms with Crippen LogP contribution in [0.25, 0.3) is 0 Å². The van der Waals surface area contributed by atoms with Crippen molar-refractivity contribution < 1.29 is 14.4 Å². The van der Waals surface area contributed by atoms with Crippen molar-refractivity contribution in [2.75, 3.05) is 20.8 Å². The van der Waals surface area contributed by atoms with Crippen molar-refractivity contribution in [1.29, 1.82) is 5.26 Å². The van der Waals surface area contributed by atoms with E-state index < -0.39 is 4.92 Å². The fourth-order valence-corrected chi connectivity index (χ4v) is 1.45. The molecule has 0 fully saturated rings. The Kier molecular flexibility index (Phi) is 5.57. The van der Waals surface area contributed by atoms with Gasteiger partial charge in [-0.25, -0.2) is 0 Å². The number of rotatable bonds is 7. The Bertz CT molecular complexity index is 484. The van der Waals surface area contributed by atoms with Crippen molar-refractivity contribution in [3.05, 3.63) is 28.3 Å². The van der Waals surface area contributed by atoms with Gasteiger partial charge >= 0.3 is 5.69 Å². The first kappa shape index (κ1) is 14.7. The Morgan fingerprint density at radius 1 is 1.58 bits per heavy atom. The highest BCUT2D eigenvalue weighted by molar-refractivity contribution is 5.50. The number of nitro benzene ring substituents is 1. The highest BCUT2D eigenvalue weighted by atomic mass is 16.6. The smallest absolute Gasteiger partial charge is 0.311 e. The van der Waals surface area contributed by atoms with E-state index in [0.29, 0.717) is 12.2 Å². The molecule has 1 aromatic carbocycles. The van der Waals surface area contributed by atoms with Gasteiger partial charge in [0, 0.05) is 18.6 Å². The lowest BCUT2D eigenvalue weighted by molar-refractivity contribution is -0.385. The number of ether oxygens (including phenoxy) is 2. The van der Waals surface area contributed by atoms with Crippen LogP contribution in [0, 0.1) is 21.4 Å². The standard InChI is InChI=1S/C12H15N3O4/c1-14-9(8-13)5-6-19-12-7-10(18-2)3-4-11(12)15(16)17/h3-4,7,9,14H,5-6H2,1-2H3. The predicted octanol–water partition coefficient (Wildman–Crippen LogP) is 1.48. The number of hydrogen-bond acceptors (Lipinski definition) is 6. The Labute approximate surface area is 110 Å². The van der Waals surface area contributed by atoms with E-state index in [1.807, 2.05) is 6.07 Å². The van der Waals surface area contributed by atoms with Crippen LogP contribution in [0.5, 0.6) is 11.5 Å². The third-order valence-electron chi connectivity index (χ3n) is 2.53. The lowest BCUT2D eigenvalue weighted by atomic mass is 10.2. The van der Waals surface area contributed by atoms with E-state index in [9.17, 15) is 10.1 Å². The molecule has 19 heavy (non-hydrogen) atoms. The van der Waals surface area contributed by atoms with Crippen molar-refractivity contribution >= 4 is 5.69 Å². The number of benzene rings is 1. The minimum Gasteiger partial charge on any atom is -0.497 e. The lowest BCUT2D eigenvalue weighted by Crippen LogP contribution is -2.25. The summed E-state index contributed by atoms with van der Waals surface area (Å²) in [6.45, 7) is 0.201. The average Bonchev–Trinajstić information content (AvgIpc) is 2.43. The molecule has 0 spiro atoms. The van der Waals surface area contributed by atoms with E-state index in [1.54, 1.807) is 7.05 Å². The molecular weight excluding hydrogens is 250 g/mol. The van der Waals surface area contributed by atoms with Crippen LogP contribution in [-0.4, -0.2) is 31.7 Å². The molecule has 0 amide bonds. The van der Waals surface area contributed by atoms with Gasteiger partial charge < -0.3 is 14.8 Å². The van der Waals surface area contributed by atoms with Gasteiger partial charge in [-0.05, 0) is 13.1 Å². The molecule has 0 saturated carbocycles. The van der Waals surface area contributed by atoms with Crippen LogP contribution in [0.15, 0.2) is 18.2 Å². The van der Waals surface area contributed by atoms with Gasteiger partial charge in [0.15, 0.2) is 0 Å². The molecule has 0 saturated heterocycles. The summed E-state index contributed by atoms with van der Waals surface area (Å²) in [5, 5.41) is 22.4. The number of nitrogens with zero attached hydrogens (tertiary/aromatic N) is 2. The molecule has 0 heterocycles. The Morgan fingerprint density at radius 3 is 2.84 bits per heavy atom. The molecule has 0 aromatic heterocycles. The molecule has 1 aromatic rings. The second-order valence-electron chi connectivity index (χ2n) is 3.70.